The molecule has 0 aliphatic carbocycles. The quantitative estimate of drug-likeness (QED) is 0.705. The van der Waals surface area contributed by atoms with E-state index in [4.69, 9.17) is 0 Å². The van der Waals surface area contributed by atoms with Crippen LogP contribution in [0.15, 0.2) is 48.5 Å². The zero-order valence-corrected chi connectivity index (χ0v) is 20.6. The number of carbonyl (C=O) groups is 1. The molecule has 2 aliphatic heterocycles. The van der Waals surface area contributed by atoms with Gasteiger partial charge in [0.2, 0.25) is 5.91 Å². The zero-order chi connectivity index (χ0) is 23.2. The highest BCUT2D eigenvalue weighted by atomic mass is 16.1. The van der Waals surface area contributed by atoms with E-state index >= 15 is 0 Å². The molecule has 1 amide bonds. The number of likely N-dealkylation sites (N-methyl/N-ethyl adjacent to an activating group) is 1. The summed E-state index contributed by atoms with van der Waals surface area (Å²) < 4.78 is 0. The SMILES string of the molecule is Cc1cc(C)cc(CNC(=O)[C@@H]2C[C@H](CN3CCN(C)CC3)CN(Cc3ccccc3)C2)c1. The average Bonchev–Trinajstić information content (AvgIpc) is 2.79. The Morgan fingerprint density at radius 2 is 1.61 bits per heavy atom. The lowest BCUT2D eigenvalue weighted by Crippen LogP contribution is -2.51. The van der Waals surface area contributed by atoms with Crippen molar-refractivity contribution in [1.29, 1.82) is 0 Å². The molecular weight excluding hydrogens is 408 g/mol. The van der Waals surface area contributed by atoms with Gasteiger partial charge in [-0.15, -0.1) is 0 Å². The maximum absolute atomic E-state index is 13.3. The fourth-order valence-corrected chi connectivity index (χ4v) is 5.50. The second kappa shape index (κ2) is 11.3. The minimum Gasteiger partial charge on any atom is -0.352 e. The monoisotopic (exact) mass is 448 g/mol. The Morgan fingerprint density at radius 1 is 0.909 bits per heavy atom. The molecule has 2 heterocycles. The second-order valence-corrected chi connectivity index (χ2v) is 10.3. The van der Waals surface area contributed by atoms with Crippen molar-refractivity contribution in [2.24, 2.45) is 11.8 Å². The van der Waals surface area contributed by atoms with Gasteiger partial charge in [0, 0.05) is 58.9 Å². The third-order valence-corrected chi connectivity index (χ3v) is 7.09. The number of benzene rings is 2. The van der Waals surface area contributed by atoms with Gasteiger partial charge < -0.3 is 15.1 Å². The maximum atomic E-state index is 13.3. The number of piperazine rings is 1. The van der Waals surface area contributed by atoms with Crippen LogP contribution in [-0.2, 0) is 17.9 Å². The largest absolute Gasteiger partial charge is 0.352 e. The summed E-state index contributed by atoms with van der Waals surface area (Å²) in [7, 11) is 2.20. The topological polar surface area (TPSA) is 38.8 Å². The highest BCUT2D eigenvalue weighted by Gasteiger charge is 2.32. The van der Waals surface area contributed by atoms with Gasteiger partial charge in [0.15, 0.2) is 0 Å². The van der Waals surface area contributed by atoms with Crippen LogP contribution in [0, 0.1) is 25.7 Å². The number of nitrogens with one attached hydrogen (secondary N) is 1. The number of carbonyl (C=O) groups excluding carboxylic acids is 1. The summed E-state index contributed by atoms with van der Waals surface area (Å²) in [5.74, 6) is 0.781. The number of rotatable bonds is 7. The Bertz CT molecular complexity index is 887. The number of likely N-dealkylation sites (tertiary alicyclic amines) is 1. The number of nitrogens with zero attached hydrogens (tertiary/aromatic N) is 3. The van der Waals surface area contributed by atoms with Gasteiger partial charge >= 0.3 is 0 Å². The summed E-state index contributed by atoms with van der Waals surface area (Å²) >= 11 is 0. The van der Waals surface area contributed by atoms with E-state index in [1.54, 1.807) is 0 Å². The zero-order valence-electron chi connectivity index (χ0n) is 20.6. The molecule has 1 N–H and O–H groups in total. The molecule has 2 saturated heterocycles. The molecule has 0 unspecified atom stereocenters. The van der Waals surface area contributed by atoms with Crippen molar-refractivity contribution in [3.8, 4) is 0 Å². The van der Waals surface area contributed by atoms with Crippen molar-refractivity contribution in [2.45, 2.75) is 33.4 Å². The van der Waals surface area contributed by atoms with E-state index in [2.05, 4.69) is 89.4 Å². The highest BCUT2D eigenvalue weighted by Crippen LogP contribution is 2.25. The lowest BCUT2D eigenvalue weighted by molar-refractivity contribution is -0.128. The molecular formula is C28H40N4O. The first-order chi connectivity index (χ1) is 15.9. The summed E-state index contributed by atoms with van der Waals surface area (Å²) in [5.41, 5.74) is 5.01. The van der Waals surface area contributed by atoms with Crippen molar-refractivity contribution in [3.05, 3.63) is 70.8 Å². The number of hydrogen-bond donors (Lipinski definition) is 1. The molecule has 0 bridgehead atoms. The van der Waals surface area contributed by atoms with Gasteiger partial charge in [-0.3, -0.25) is 9.69 Å². The fourth-order valence-electron chi connectivity index (χ4n) is 5.50. The van der Waals surface area contributed by atoms with E-state index in [9.17, 15) is 4.79 Å². The van der Waals surface area contributed by atoms with Crippen molar-refractivity contribution in [1.82, 2.24) is 20.0 Å². The highest BCUT2D eigenvalue weighted by molar-refractivity contribution is 5.79. The molecule has 178 valence electrons. The van der Waals surface area contributed by atoms with Crippen LogP contribution < -0.4 is 5.32 Å². The van der Waals surface area contributed by atoms with Crippen LogP contribution in [-0.4, -0.2) is 73.5 Å². The summed E-state index contributed by atoms with van der Waals surface area (Å²) in [5, 5.41) is 3.25. The van der Waals surface area contributed by atoms with E-state index in [1.165, 1.54) is 22.3 Å². The minimum absolute atomic E-state index is 0.0471. The van der Waals surface area contributed by atoms with Gasteiger partial charge in [0.05, 0.1) is 5.92 Å². The molecule has 5 heteroatoms. The van der Waals surface area contributed by atoms with Crippen LogP contribution in [0.2, 0.25) is 0 Å². The summed E-state index contributed by atoms with van der Waals surface area (Å²) in [6, 6.07) is 17.2. The normalized spacial score (nSPS) is 22.9. The maximum Gasteiger partial charge on any atom is 0.224 e. The Hall–Kier alpha value is -2.21. The van der Waals surface area contributed by atoms with Crippen molar-refractivity contribution in [2.75, 3.05) is 52.9 Å². The fraction of sp³-hybridized carbons (Fsp3) is 0.536. The van der Waals surface area contributed by atoms with Crippen LogP contribution in [0.4, 0.5) is 0 Å². The molecule has 2 aliphatic rings. The molecule has 33 heavy (non-hydrogen) atoms. The Balaban J connectivity index is 1.39. The standard InChI is InChI=1S/C28H40N4O/c1-22-13-23(2)15-25(14-22)17-29-28(33)27-16-26(19-31-11-9-30(3)10-12-31)20-32(21-27)18-24-7-5-4-6-8-24/h4-8,13-15,26-27H,9-12,16-21H2,1-3H3,(H,29,33)/t26-,27-/m1/s1. The molecule has 2 fully saturated rings. The predicted molar refractivity (Wildman–Crippen MR) is 135 cm³/mol. The molecule has 0 aromatic heterocycles. The third-order valence-electron chi connectivity index (χ3n) is 7.09. The van der Waals surface area contributed by atoms with E-state index in [1.807, 2.05) is 0 Å². The molecule has 5 nitrogen and oxygen atoms in total. The molecule has 2 aromatic carbocycles. The Kier molecular flexibility index (Phi) is 8.18. The number of hydrogen-bond acceptors (Lipinski definition) is 4. The van der Waals surface area contributed by atoms with Gasteiger partial charge in [0.1, 0.15) is 0 Å². The number of amides is 1. The van der Waals surface area contributed by atoms with Crippen LogP contribution in [0.3, 0.4) is 0 Å². The third kappa shape index (κ3) is 7.13. The lowest BCUT2D eigenvalue weighted by Gasteiger charge is -2.41. The first-order valence-corrected chi connectivity index (χ1v) is 12.5. The number of aryl methyl sites for hydroxylation is 2. The summed E-state index contributed by atoms with van der Waals surface area (Å²) in [6.45, 7) is 13.3. The molecule has 2 aromatic rings. The van der Waals surface area contributed by atoms with Crippen LogP contribution in [0.25, 0.3) is 0 Å². The van der Waals surface area contributed by atoms with Crippen molar-refractivity contribution >= 4 is 5.91 Å². The smallest absolute Gasteiger partial charge is 0.224 e. The Morgan fingerprint density at radius 3 is 2.30 bits per heavy atom. The van der Waals surface area contributed by atoms with Crippen LogP contribution >= 0.6 is 0 Å². The average molecular weight is 449 g/mol. The van der Waals surface area contributed by atoms with Crippen molar-refractivity contribution in [3.63, 3.8) is 0 Å². The van der Waals surface area contributed by atoms with Crippen molar-refractivity contribution < 1.29 is 4.79 Å². The molecule has 0 saturated carbocycles. The first-order valence-electron chi connectivity index (χ1n) is 12.5. The van der Waals surface area contributed by atoms with Gasteiger partial charge in [-0.25, -0.2) is 0 Å². The summed E-state index contributed by atoms with van der Waals surface area (Å²) in [6.07, 6.45) is 0.982. The molecule has 0 radical (unpaired) electrons. The van der Waals surface area contributed by atoms with E-state index < -0.39 is 0 Å². The molecule has 2 atom stereocenters. The first kappa shape index (κ1) is 23.9. The second-order valence-electron chi connectivity index (χ2n) is 10.3. The summed E-state index contributed by atoms with van der Waals surface area (Å²) in [4.78, 5) is 20.8. The Labute approximate surface area is 199 Å². The predicted octanol–water partition coefficient (Wildman–Crippen LogP) is 3.31. The lowest BCUT2D eigenvalue weighted by atomic mass is 9.87. The van der Waals surface area contributed by atoms with E-state index in [0.29, 0.717) is 12.5 Å². The van der Waals surface area contributed by atoms with E-state index in [0.717, 1.165) is 58.8 Å². The van der Waals surface area contributed by atoms with Gasteiger partial charge in [-0.2, -0.15) is 0 Å². The molecule has 4 rings (SSSR count). The van der Waals surface area contributed by atoms with Gasteiger partial charge in [0.25, 0.3) is 0 Å². The van der Waals surface area contributed by atoms with E-state index in [-0.39, 0.29) is 11.8 Å². The van der Waals surface area contributed by atoms with Crippen LogP contribution in [0.1, 0.15) is 28.7 Å². The minimum atomic E-state index is 0.0471. The van der Waals surface area contributed by atoms with Gasteiger partial charge in [-0.05, 0) is 44.4 Å². The van der Waals surface area contributed by atoms with Crippen LogP contribution in [0.5, 0.6) is 0 Å². The van der Waals surface area contributed by atoms with Gasteiger partial charge in [-0.1, -0.05) is 59.7 Å². The molecule has 0 spiro atoms. The number of piperidine rings is 1.